The molecule has 2 aromatic carbocycles. The zero-order valence-corrected chi connectivity index (χ0v) is 14.0. The first kappa shape index (κ1) is 17.4. The topological polar surface area (TPSA) is 56.8 Å². The van der Waals surface area contributed by atoms with Gasteiger partial charge in [0.25, 0.3) is 0 Å². The molecule has 24 heavy (non-hydrogen) atoms. The first-order valence-electron chi connectivity index (χ1n) is 7.47. The van der Waals surface area contributed by atoms with Crippen LogP contribution in [0.15, 0.2) is 48.7 Å². The summed E-state index contributed by atoms with van der Waals surface area (Å²) in [5.74, 6) is 1.94. The third-order valence-electron chi connectivity index (χ3n) is 3.45. The van der Waals surface area contributed by atoms with Gasteiger partial charge in [-0.15, -0.1) is 0 Å². The molecule has 0 fully saturated rings. The molecule has 0 aromatic heterocycles. The van der Waals surface area contributed by atoms with Crippen LogP contribution in [-0.4, -0.2) is 27.2 Å². The second-order valence-corrected chi connectivity index (χ2v) is 5.04. The minimum atomic E-state index is -0.105. The number of hydrogen-bond donors (Lipinski definition) is 1. The van der Waals surface area contributed by atoms with E-state index in [9.17, 15) is 4.79 Å². The molecule has 0 aliphatic heterocycles. The van der Waals surface area contributed by atoms with Crippen LogP contribution in [0, 0.1) is 0 Å². The zero-order valence-electron chi connectivity index (χ0n) is 14.0. The summed E-state index contributed by atoms with van der Waals surface area (Å²) in [6, 6.07) is 13.0. The summed E-state index contributed by atoms with van der Waals surface area (Å²) < 4.78 is 15.5. The summed E-state index contributed by atoms with van der Waals surface area (Å²) in [5.41, 5.74) is 1.82. The van der Waals surface area contributed by atoms with Gasteiger partial charge in [0.15, 0.2) is 11.5 Å². The molecule has 0 spiro atoms. The van der Waals surface area contributed by atoms with E-state index >= 15 is 0 Å². The fourth-order valence-corrected chi connectivity index (χ4v) is 2.17. The van der Waals surface area contributed by atoms with Crippen LogP contribution in [0.3, 0.4) is 0 Å². The number of ether oxygens (including phenoxy) is 3. The minimum Gasteiger partial charge on any atom is -0.497 e. The van der Waals surface area contributed by atoms with Crippen LogP contribution in [0.2, 0.25) is 0 Å². The number of carbonyl (C=O) groups is 1. The molecule has 0 bridgehead atoms. The first-order valence-corrected chi connectivity index (χ1v) is 7.47. The maximum absolute atomic E-state index is 12.0. The molecule has 2 aromatic rings. The van der Waals surface area contributed by atoms with Gasteiger partial charge < -0.3 is 19.5 Å². The van der Waals surface area contributed by atoms with Crippen molar-refractivity contribution in [1.82, 2.24) is 5.32 Å². The number of methoxy groups -OCH3 is 3. The molecule has 0 aliphatic rings. The molecule has 5 nitrogen and oxygen atoms in total. The Labute approximate surface area is 141 Å². The molecule has 0 saturated heterocycles. The quantitative estimate of drug-likeness (QED) is 0.849. The monoisotopic (exact) mass is 327 g/mol. The van der Waals surface area contributed by atoms with Crippen LogP contribution < -0.4 is 19.5 Å². The van der Waals surface area contributed by atoms with Crippen LogP contribution in [0.25, 0.3) is 6.08 Å². The molecule has 2 rings (SSSR count). The van der Waals surface area contributed by atoms with Crippen LogP contribution in [-0.2, 0) is 11.2 Å². The normalized spacial score (nSPS) is 10.5. The molecular weight excluding hydrogens is 306 g/mol. The van der Waals surface area contributed by atoms with Crippen molar-refractivity contribution >= 4 is 12.0 Å². The Balaban J connectivity index is 1.91. The Morgan fingerprint density at radius 1 is 0.958 bits per heavy atom. The van der Waals surface area contributed by atoms with E-state index in [1.54, 1.807) is 39.7 Å². The largest absolute Gasteiger partial charge is 0.497 e. The molecule has 1 amide bonds. The van der Waals surface area contributed by atoms with Gasteiger partial charge in [0.1, 0.15) is 5.75 Å². The van der Waals surface area contributed by atoms with Gasteiger partial charge in [-0.2, -0.15) is 0 Å². The Morgan fingerprint density at radius 2 is 1.67 bits per heavy atom. The van der Waals surface area contributed by atoms with Gasteiger partial charge in [-0.3, -0.25) is 4.79 Å². The van der Waals surface area contributed by atoms with E-state index in [0.717, 1.165) is 16.9 Å². The number of hydrogen-bond acceptors (Lipinski definition) is 4. The standard InChI is InChI=1S/C19H21NO4/c1-22-16-7-4-14(5-8-16)10-11-20-19(21)13-15-6-9-17(23-2)18(12-15)24-3/h4-12H,13H2,1-3H3,(H,20,21)/b11-10+. The molecule has 0 unspecified atom stereocenters. The van der Waals surface area contributed by atoms with Gasteiger partial charge in [0.05, 0.1) is 27.8 Å². The molecular formula is C19H21NO4. The molecule has 0 radical (unpaired) electrons. The predicted octanol–water partition coefficient (Wildman–Crippen LogP) is 3.04. The molecule has 1 N–H and O–H groups in total. The van der Waals surface area contributed by atoms with Crippen LogP contribution in [0.5, 0.6) is 17.2 Å². The smallest absolute Gasteiger partial charge is 0.228 e. The number of carbonyl (C=O) groups excluding carboxylic acids is 1. The summed E-state index contributed by atoms with van der Waals surface area (Å²) in [5, 5.41) is 2.75. The maximum atomic E-state index is 12.0. The zero-order chi connectivity index (χ0) is 17.4. The second-order valence-electron chi connectivity index (χ2n) is 5.04. The van der Waals surface area contributed by atoms with Crippen LogP contribution >= 0.6 is 0 Å². The van der Waals surface area contributed by atoms with Crippen molar-refractivity contribution in [2.45, 2.75) is 6.42 Å². The van der Waals surface area contributed by atoms with Gasteiger partial charge >= 0.3 is 0 Å². The van der Waals surface area contributed by atoms with Gasteiger partial charge in [-0.05, 0) is 41.5 Å². The molecule has 5 heteroatoms. The minimum absolute atomic E-state index is 0.105. The summed E-state index contributed by atoms with van der Waals surface area (Å²) in [6.45, 7) is 0. The fourth-order valence-electron chi connectivity index (χ4n) is 2.17. The lowest BCUT2D eigenvalue weighted by Gasteiger charge is -2.09. The highest BCUT2D eigenvalue weighted by Crippen LogP contribution is 2.27. The fraction of sp³-hybridized carbons (Fsp3) is 0.211. The van der Waals surface area contributed by atoms with E-state index < -0.39 is 0 Å². The lowest BCUT2D eigenvalue weighted by Crippen LogP contribution is -2.19. The van der Waals surface area contributed by atoms with E-state index in [1.807, 2.05) is 36.4 Å². The van der Waals surface area contributed by atoms with Gasteiger partial charge in [-0.1, -0.05) is 18.2 Å². The average Bonchev–Trinajstić information content (AvgIpc) is 2.62. The summed E-state index contributed by atoms with van der Waals surface area (Å²) in [7, 11) is 4.77. The third-order valence-corrected chi connectivity index (χ3v) is 3.45. The van der Waals surface area contributed by atoms with Crippen molar-refractivity contribution in [1.29, 1.82) is 0 Å². The van der Waals surface area contributed by atoms with Crippen molar-refractivity contribution in [3.63, 3.8) is 0 Å². The summed E-state index contributed by atoms with van der Waals surface area (Å²) in [6.07, 6.45) is 3.71. The van der Waals surface area contributed by atoms with E-state index in [1.165, 1.54) is 0 Å². The Kier molecular flexibility index (Phi) is 6.25. The number of benzene rings is 2. The van der Waals surface area contributed by atoms with Crippen molar-refractivity contribution in [2.24, 2.45) is 0 Å². The van der Waals surface area contributed by atoms with E-state index in [4.69, 9.17) is 14.2 Å². The van der Waals surface area contributed by atoms with Crippen LogP contribution in [0.1, 0.15) is 11.1 Å². The third kappa shape index (κ3) is 4.78. The van der Waals surface area contributed by atoms with Crippen molar-refractivity contribution in [2.75, 3.05) is 21.3 Å². The molecule has 0 saturated carbocycles. The number of amides is 1. The molecule has 0 atom stereocenters. The highest BCUT2D eigenvalue weighted by Gasteiger charge is 2.07. The van der Waals surface area contributed by atoms with Gasteiger partial charge in [0.2, 0.25) is 5.91 Å². The van der Waals surface area contributed by atoms with Gasteiger partial charge in [-0.25, -0.2) is 0 Å². The van der Waals surface area contributed by atoms with E-state index in [2.05, 4.69) is 5.32 Å². The van der Waals surface area contributed by atoms with Crippen molar-refractivity contribution in [3.8, 4) is 17.2 Å². The Bertz CT molecular complexity index is 708. The number of rotatable bonds is 7. The first-order chi connectivity index (χ1) is 11.7. The second kappa shape index (κ2) is 8.62. The van der Waals surface area contributed by atoms with Crippen LogP contribution in [0.4, 0.5) is 0 Å². The van der Waals surface area contributed by atoms with E-state index in [0.29, 0.717) is 11.5 Å². The Hall–Kier alpha value is -2.95. The number of nitrogens with one attached hydrogen (secondary N) is 1. The highest BCUT2D eigenvalue weighted by atomic mass is 16.5. The molecule has 0 heterocycles. The average molecular weight is 327 g/mol. The predicted molar refractivity (Wildman–Crippen MR) is 93.4 cm³/mol. The SMILES string of the molecule is COc1ccc(/C=C/NC(=O)Cc2ccc(OC)c(OC)c2)cc1. The molecule has 0 aliphatic carbocycles. The highest BCUT2D eigenvalue weighted by molar-refractivity contribution is 5.80. The van der Waals surface area contributed by atoms with Crippen molar-refractivity contribution < 1.29 is 19.0 Å². The summed E-state index contributed by atoms with van der Waals surface area (Å²) >= 11 is 0. The summed E-state index contributed by atoms with van der Waals surface area (Å²) in [4.78, 5) is 12.0. The Morgan fingerprint density at radius 3 is 2.29 bits per heavy atom. The molecule has 126 valence electrons. The van der Waals surface area contributed by atoms with Crippen molar-refractivity contribution in [3.05, 3.63) is 59.8 Å². The lowest BCUT2D eigenvalue weighted by molar-refractivity contribution is -0.119. The maximum Gasteiger partial charge on any atom is 0.228 e. The van der Waals surface area contributed by atoms with Gasteiger partial charge in [0, 0.05) is 6.20 Å². The lowest BCUT2D eigenvalue weighted by atomic mass is 10.1. The van der Waals surface area contributed by atoms with E-state index in [-0.39, 0.29) is 12.3 Å².